The van der Waals surface area contributed by atoms with E-state index in [2.05, 4.69) is 4.98 Å². The van der Waals surface area contributed by atoms with Crippen LogP contribution in [-0.2, 0) is 27.9 Å². The van der Waals surface area contributed by atoms with Crippen molar-refractivity contribution in [2.24, 2.45) is 0 Å². The number of hydrogen-bond donors (Lipinski definition) is 0. The largest absolute Gasteiger partial charge is 0.454 e. The van der Waals surface area contributed by atoms with E-state index >= 15 is 0 Å². The molecular weight excluding hydrogens is 397 g/mol. The highest BCUT2D eigenvalue weighted by Gasteiger charge is 2.20. The average Bonchev–Trinajstić information content (AvgIpc) is 3.03. The van der Waals surface area contributed by atoms with Crippen LogP contribution in [0.2, 0.25) is 0 Å². The van der Waals surface area contributed by atoms with E-state index in [1.807, 2.05) is 11.5 Å². The summed E-state index contributed by atoms with van der Waals surface area (Å²) >= 11 is 0. The molecule has 0 amide bonds. The second kappa shape index (κ2) is 8.30. The van der Waals surface area contributed by atoms with Gasteiger partial charge in [-0.25, -0.2) is 26.9 Å². The van der Waals surface area contributed by atoms with Crippen LogP contribution >= 0.6 is 0 Å². The lowest BCUT2D eigenvalue weighted by atomic mass is 10.2. The summed E-state index contributed by atoms with van der Waals surface area (Å²) in [4.78, 5) is 16.8. The Morgan fingerprint density at radius 3 is 2.59 bits per heavy atom. The quantitative estimate of drug-likeness (QED) is 0.550. The minimum absolute atomic E-state index is 0.131. The van der Waals surface area contributed by atoms with Gasteiger partial charge in [0.15, 0.2) is 0 Å². The normalized spacial score (nSPS) is 11.9. The lowest BCUT2D eigenvalue weighted by Crippen LogP contribution is -2.22. The van der Waals surface area contributed by atoms with Gasteiger partial charge in [0.1, 0.15) is 18.2 Å². The summed E-state index contributed by atoms with van der Waals surface area (Å²) in [6.45, 7) is 2.45. The number of imidazole rings is 1. The number of nitrogens with zero attached hydrogens (tertiary/aromatic N) is 3. The van der Waals surface area contributed by atoms with E-state index in [0.29, 0.717) is 17.9 Å². The maximum absolute atomic E-state index is 13.8. The minimum atomic E-state index is -3.59. The van der Waals surface area contributed by atoms with Gasteiger partial charge in [-0.3, -0.25) is 0 Å². The molecule has 0 bridgehead atoms. The Bertz CT molecular complexity index is 1160. The Hall–Kier alpha value is -2.78. The number of hydrogen-bond acceptors (Lipinski definition) is 5. The van der Waals surface area contributed by atoms with Crippen LogP contribution in [0.3, 0.4) is 0 Å². The molecule has 0 unspecified atom stereocenters. The first kappa shape index (κ1) is 20.9. The number of fused-ring (bicyclic) bond motifs is 1. The van der Waals surface area contributed by atoms with Gasteiger partial charge in [-0.15, -0.1) is 0 Å². The van der Waals surface area contributed by atoms with Crippen molar-refractivity contribution in [2.45, 2.75) is 31.4 Å². The number of aromatic nitrogens is 2. The molecule has 1 heterocycles. The molecule has 0 aliphatic heterocycles. The number of ether oxygens (including phenoxy) is 1. The topological polar surface area (TPSA) is 81.5 Å². The van der Waals surface area contributed by atoms with Crippen LogP contribution in [0.15, 0.2) is 47.4 Å². The third kappa shape index (κ3) is 4.15. The fraction of sp³-hybridized carbons (Fsp3) is 0.300. The molecule has 154 valence electrons. The van der Waals surface area contributed by atoms with Crippen LogP contribution in [-0.4, -0.2) is 42.3 Å². The molecule has 2 aromatic carbocycles. The van der Waals surface area contributed by atoms with Crippen LogP contribution < -0.4 is 0 Å². The molecule has 0 spiro atoms. The predicted octanol–water partition coefficient (Wildman–Crippen LogP) is 3.19. The summed E-state index contributed by atoms with van der Waals surface area (Å²) in [6, 6.07) is 10.3. The maximum Gasteiger partial charge on any atom is 0.341 e. The van der Waals surface area contributed by atoms with E-state index in [1.165, 1.54) is 44.4 Å². The fourth-order valence-electron chi connectivity index (χ4n) is 2.95. The van der Waals surface area contributed by atoms with Gasteiger partial charge in [0, 0.05) is 20.6 Å². The summed E-state index contributed by atoms with van der Waals surface area (Å²) in [7, 11) is -0.671. The average molecular weight is 419 g/mol. The standard InChI is InChI=1S/C20H22FN3O4S/c1-4-11-24-18-10-9-14(29(26,27)23(2)3)12-17(18)22-19(24)13-28-20(25)15-7-5-6-8-16(15)21/h5-10,12H,4,11,13H2,1-3H3. The molecule has 1 aromatic heterocycles. The highest BCUT2D eigenvalue weighted by atomic mass is 32.2. The second-order valence-corrected chi connectivity index (χ2v) is 8.83. The van der Waals surface area contributed by atoms with Gasteiger partial charge >= 0.3 is 5.97 Å². The highest BCUT2D eigenvalue weighted by Crippen LogP contribution is 2.23. The number of esters is 1. The van der Waals surface area contributed by atoms with Crippen molar-refractivity contribution in [2.75, 3.05) is 14.1 Å². The lowest BCUT2D eigenvalue weighted by Gasteiger charge is -2.11. The van der Waals surface area contributed by atoms with Crippen molar-refractivity contribution in [1.29, 1.82) is 0 Å². The van der Waals surface area contributed by atoms with E-state index in [0.717, 1.165) is 16.2 Å². The fourth-order valence-corrected chi connectivity index (χ4v) is 3.87. The molecular formula is C20H22FN3O4S. The first-order valence-corrected chi connectivity index (χ1v) is 10.5. The summed E-state index contributed by atoms with van der Waals surface area (Å²) in [5, 5.41) is 0. The Balaban J connectivity index is 1.93. The SMILES string of the molecule is CCCn1c(COC(=O)c2ccccc2F)nc2cc(S(=O)(=O)N(C)C)ccc21. The van der Waals surface area contributed by atoms with Gasteiger partial charge in [0.25, 0.3) is 0 Å². The van der Waals surface area contributed by atoms with E-state index in [-0.39, 0.29) is 17.1 Å². The lowest BCUT2D eigenvalue weighted by molar-refractivity contribution is 0.0453. The van der Waals surface area contributed by atoms with Gasteiger partial charge in [-0.05, 0) is 36.8 Å². The van der Waals surface area contributed by atoms with Gasteiger partial charge in [-0.1, -0.05) is 19.1 Å². The van der Waals surface area contributed by atoms with Crippen molar-refractivity contribution in [3.63, 3.8) is 0 Å². The van der Waals surface area contributed by atoms with Crippen molar-refractivity contribution < 1.29 is 22.3 Å². The molecule has 0 N–H and O–H groups in total. The zero-order chi connectivity index (χ0) is 21.2. The Morgan fingerprint density at radius 1 is 1.21 bits per heavy atom. The van der Waals surface area contributed by atoms with Crippen LogP contribution in [0.5, 0.6) is 0 Å². The second-order valence-electron chi connectivity index (χ2n) is 6.67. The first-order chi connectivity index (χ1) is 13.8. The molecule has 0 saturated carbocycles. The number of halogens is 1. The molecule has 0 atom stereocenters. The molecule has 0 radical (unpaired) electrons. The highest BCUT2D eigenvalue weighted by molar-refractivity contribution is 7.89. The number of aryl methyl sites for hydroxylation is 1. The summed E-state index contributed by atoms with van der Waals surface area (Å²) < 4.78 is 46.8. The summed E-state index contributed by atoms with van der Waals surface area (Å²) in [5.74, 6) is -0.974. The summed E-state index contributed by atoms with van der Waals surface area (Å²) in [6.07, 6.45) is 0.803. The number of rotatable bonds is 7. The van der Waals surface area contributed by atoms with Crippen molar-refractivity contribution >= 4 is 27.0 Å². The third-order valence-electron chi connectivity index (χ3n) is 4.45. The molecule has 3 aromatic rings. The maximum atomic E-state index is 13.8. The molecule has 3 rings (SSSR count). The number of carbonyl (C=O) groups is 1. The van der Waals surface area contributed by atoms with Crippen molar-refractivity contribution in [1.82, 2.24) is 13.9 Å². The number of carbonyl (C=O) groups excluding carboxylic acids is 1. The van der Waals surface area contributed by atoms with Crippen molar-refractivity contribution in [3.8, 4) is 0 Å². The predicted molar refractivity (Wildman–Crippen MR) is 106 cm³/mol. The molecule has 0 saturated heterocycles. The Morgan fingerprint density at radius 2 is 1.93 bits per heavy atom. The Labute approximate surface area is 168 Å². The van der Waals surface area contributed by atoms with Crippen LogP contribution in [0.4, 0.5) is 4.39 Å². The molecule has 0 aliphatic rings. The van der Waals surface area contributed by atoms with Gasteiger partial charge < -0.3 is 9.30 Å². The van der Waals surface area contributed by atoms with E-state index in [9.17, 15) is 17.6 Å². The zero-order valence-corrected chi connectivity index (χ0v) is 17.2. The van der Waals surface area contributed by atoms with E-state index in [1.54, 1.807) is 12.1 Å². The van der Waals surface area contributed by atoms with Gasteiger partial charge in [-0.2, -0.15) is 0 Å². The van der Waals surface area contributed by atoms with E-state index in [4.69, 9.17) is 4.74 Å². The zero-order valence-electron chi connectivity index (χ0n) is 16.4. The molecule has 7 nitrogen and oxygen atoms in total. The molecule has 9 heteroatoms. The van der Waals surface area contributed by atoms with Gasteiger partial charge in [0.05, 0.1) is 21.5 Å². The van der Waals surface area contributed by atoms with Crippen LogP contribution in [0, 0.1) is 5.82 Å². The summed E-state index contributed by atoms with van der Waals surface area (Å²) in [5.41, 5.74) is 1.07. The van der Waals surface area contributed by atoms with Crippen molar-refractivity contribution in [3.05, 3.63) is 59.7 Å². The van der Waals surface area contributed by atoms with E-state index < -0.39 is 21.8 Å². The molecule has 29 heavy (non-hydrogen) atoms. The monoisotopic (exact) mass is 419 g/mol. The van der Waals surface area contributed by atoms with Crippen LogP contribution in [0.25, 0.3) is 11.0 Å². The third-order valence-corrected chi connectivity index (χ3v) is 6.26. The molecule has 0 aliphatic carbocycles. The van der Waals surface area contributed by atoms with Crippen LogP contribution in [0.1, 0.15) is 29.5 Å². The number of benzene rings is 2. The smallest absolute Gasteiger partial charge is 0.341 e. The molecule has 0 fully saturated rings. The number of sulfonamides is 1. The minimum Gasteiger partial charge on any atom is -0.454 e. The Kier molecular flexibility index (Phi) is 5.99. The van der Waals surface area contributed by atoms with Gasteiger partial charge in [0.2, 0.25) is 10.0 Å². The first-order valence-electron chi connectivity index (χ1n) is 9.09.